The molecule has 1 saturated heterocycles. The molecule has 1 aromatic rings. The zero-order valence-corrected chi connectivity index (χ0v) is 14.0. The zero-order chi connectivity index (χ0) is 17.2. The molecule has 0 aromatic heterocycles. The number of rotatable bonds is 2. The number of thioether (sulfide) groups is 1. The van der Waals surface area contributed by atoms with E-state index in [4.69, 9.17) is 0 Å². The Hall–Kier alpha value is -1.44. The summed E-state index contributed by atoms with van der Waals surface area (Å²) in [6, 6.07) is 0.202. The molecular weight excluding hydrogens is 330 g/mol. The van der Waals surface area contributed by atoms with Gasteiger partial charge in [-0.1, -0.05) is 0 Å². The van der Waals surface area contributed by atoms with Crippen LogP contribution < -0.4 is 5.32 Å². The van der Waals surface area contributed by atoms with Crippen LogP contribution >= 0.6 is 11.8 Å². The average Bonchev–Trinajstić information content (AvgIpc) is 2.48. The molecule has 0 aliphatic carbocycles. The standard InChI is InChI=1S/C15H19F4N3S/c1-15(2)8-22(4-5-23-15)14(20-3)21-7-9-12(18)10(16)6-11(17)13(9)19/h6H,4-5,7-8H2,1-3H3,(H,20,21). The summed E-state index contributed by atoms with van der Waals surface area (Å²) in [6.45, 7) is 5.25. The third kappa shape index (κ3) is 4.10. The second-order valence-corrected chi connectivity index (χ2v) is 7.68. The minimum Gasteiger partial charge on any atom is -0.352 e. The van der Waals surface area contributed by atoms with Crippen LogP contribution in [0.2, 0.25) is 0 Å². The Kier molecular flexibility index (Phi) is 5.44. The molecule has 1 aliphatic heterocycles. The Morgan fingerprint density at radius 2 is 1.87 bits per heavy atom. The summed E-state index contributed by atoms with van der Waals surface area (Å²) in [4.78, 5) is 6.05. The first kappa shape index (κ1) is 17.9. The third-order valence-electron chi connectivity index (χ3n) is 3.56. The molecule has 0 saturated carbocycles. The maximum atomic E-state index is 13.7. The monoisotopic (exact) mass is 349 g/mol. The first-order chi connectivity index (χ1) is 10.7. The number of hydrogen-bond donors (Lipinski definition) is 1. The van der Waals surface area contributed by atoms with Gasteiger partial charge in [0.1, 0.15) is 0 Å². The molecule has 1 N–H and O–H groups in total. The lowest BCUT2D eigenvalue weighted by atomic mass is 10.1. The van der Waals surface area contributed by atoms with E-state index in [0.717, 1.165) is 12.3 Å². The van der Waals surface area contributed by atoms with Crippen molar-refractivity contribution in [2.75, 3.05) is 25.9 Å². The van der Waals surface area contributed by atoms with E-state index < -0.39 is 28.8 Å². The maximum Gasteiger partial charge on any atom is 0.193 e. The van der Waals surface area contributed by atoms with Gasteiger partial charge in [0.05, 0.1) is 0 Å². The summed E-state index contributed by atoms with van der Waals surface area (Å²) in [5, 5.41) is 2.78. The van der Waals surface area contributed by atoms with Crippen molar-refractivity contribution < 1.29 is 17.6 Å². The van der Waals surface area contributed by atoms with Crippen LogP contribution in [0.15, 0.2) is 11.1 Å². The van der Waals surface area contributed by atoms with Crippen molar-refractivity contribution in [1.29, 1.82) is 0 Å². The molecule has 2 rings (SSSR count). The maximum absolute atomic E-state index is 13.7. The minimum atomic E-state index is -1.41. The summed E-state index contributed by atoms with van der Waals surface area (Å²) in [7, 11) is 1.55. The molecule has 8 heteroatoms. The molecule has 1 fully saturated rings. The fourth-order valence-electron chi connectivity index (χ4n) is 2.47. The lowest BCUT2D eigenvalue weighted by Gasteiger charge is -2.39. The van der Waals surface area contributed by atoms with E-state index in [1.54, 1.807) is 7.05 Å². The normalized spacial score (nSPS) is 18.2. The Bertz CT molecular complexity index is 593. The summed E-state index contributed by atoms with van der Waals surface area (Å²) < 4.78 is 53.9. The number of benzene rings is 1. The predicted molar refractivity (Wildman–Crippen MR) is 84.6 cm³/mol. The van der Waals surface area contributed by atoms with Gasteiger partial charge in [0.2, 0.25) is 0 Å². The topological polar surface area (TPSA) is 27.6 Å². The van der Waals surface area contributed by atoms with Crippen LogP contribution in [0.3, 0.4) is 0 Å². The lowest BCUT2D eigenvalue weighted by molar-refractivity contribution is 0.373. The molecule has 0 bridgehead atoms. The van der Waals surface area contributed by atoms with Crippen molar-refractivity contribution in [2.45, 2.75) is 25.1 Å². The quantitative estimate of drug-likeness (QED) is 0.385. The van der Waals surface area contributed by atoms with Crippen LogP contribution in [0.1, 0.15) is 19.4 Å². The van der Waals surface area contributed by atoms with E-state index in [0.29, 0.717) is 12.5 Å². The Morgan fingerprint density at radius 1 is 1.26 bits per heavy atom. The van der Waals surface area contributed by atoms with Crippen LogP contribution in [0.5, 0.6) is 0 Å². The Balaban J connectivity index is 2.13. The largest absolute Gasteiger partial charge is 0.352 e. The van der Waals surface area contributed by atoms with Gasteiger partial charge in [-0.3, -0.25) is 4.99 Å². The van der Waals surface area contributed by atoms with Gasteiger partial charge < -0.3 is 10.2 Å². The van der Waals surface area contributed by atoms with Gasteiger partial charge in [0.15, 0.2) is 29.2 Å². The van der Waals surface area contributed by atoms with Crippen LogP contribution in [0.4, 0.5) is 17.6 Å². The SMILES string of the molecule is CN=C(NCc1c(F)c(F)cc(F)c1F)N1CCSC(C)(C)C1. The van der Waals surface area contributed by atoms with Gasteiger partial charge in [0, 0.05) is 48.8 Å². The molecule has 0 amide bonds. The lowest BCUT2D eigenvalue weighted by Crippen LogP contribution is -2.50. The fourth-order valence-corrected chi connectivity index (χ4v) is 3.59. The number of aliphatic imine (C=N–C) groups is 1. The summed E-state index contributed by atoms with van der Waals surface area (Å²) in [5.74, 6) is -4.26. The highest BCUT2D eigenvalue weighted by Crippen LogP contribution is 2.29. The molecule has 0 atom stereocenters. The highest BCUT2D eigenvalue weighted by molar-refractivity contribution is 8.00. The Morgan fingerprint density at radius 3 is 2.39 bits per heavy atom. The molecule has 128 valence electrons. The molecule has 1 aromatic carbocycles. The van der Waals surface area contributed by atoms with Gasteiger partial charge in [0.25, 0.3) is 0 Å². The number of nitrogens with zero attached hydrogens (tertiary/aromatic N) is 2. The number of guanidine groups is 1. The van der Waals surface area contributed by atoms with Crippen LogP contribution in [-0.4, -0.2) is 41.5 Å². The zero-order valence-electron chi connectivity index (χ0n) is 13.2. The molecule has 0 spiro atoms. The first-order valence-corrected chi connectivity index (χ1v) is 8.15. The van der Waals surface area contributed by atoms with Gasteiger partial charge in [-0.2, -0.15) is 11.8 Å². The van der Waals surface area contributed by atoms with Crippen molar-refractivity contribution in [3.63, 3.8) is 0 Å². The van der Waals surface area contributed by atoms with E-state index in [1.165, 1.54) is 0 Å². The van der Waals surface area contributed by atoms with E-state index in [9.17, 15) is 17.6 Å². The van der Waals surface area contributed by atoms with Crippen LogP contribution in [0, 0.1) is 23.3 Å². The average molecular weight is 349 g/mol. The van der Waals surface area contributed by atoms with E-state index in [2.05, 4.69) is 24.2 Å². The molecular formula is C15H19F4N3S. The summed E-state index contributed by atoms with van der Waals surface area (Å²) in [6.07, 6.45) is 0. The molecule has 1 heterocycles. The smallest absolute Gasteiger partial charge is 0.193 e. The van der Waals surface area contributed by atoms with Crippen molar-refractivity contribution in [3.8, 4) is 0 Å². The molecule has 1 aliphatic rings. The molecule has 0 unspecified atom stereocenters. The third-order valence-corrected chi connectivity index (χ3v) is 4.86. The summed E-state index contributed by atoms with van der Waals surface area (Å²) in [5.41, 5.74) is -0.672. The highest BCUT2D eigenvalue weighted by atomic mass is 32.2. The molecule has 23 heavy (non-hydrogen) atoms. The molecule has 3 nitrogen and oxygen atoms in total. The van der Waals surface area contributed by atoms with Gasteiger partial charge in [-0.25, -0.2) is 17.6 Å². The number of halogens is 4. The highest BCUT2D eigenvalue weighted by Gasteiger charge is 2.29. The van der Waals surface area contributed by atoms with Crippen LogP contribution in [-0.2, 0) is 6.54 Å². The van der Waals surface area contributed by atoms with Crippen molar-refractivity contribution in [3.05, 3.63) is 34.9 Å². The van der Waals surface area contributed by atoms with E-state index in [-0.39, 0.29) is 17.4 Å². The van der Waals surface area contributed by atoms with Gasteiger partial charge >= 0.3 is 0 Å². The van der Waals surface area contributed by atoms with E-state index >= 15 is 0 Å². The minimum absolute atomic E-state index is 0.0251. The number of nitrogens with one attached hydrogen (secondary N) is 1. The van der Waals surface area contributed by atoms with E-state index in [1.807, 2.05) is 16.7 Å². The number of hydrogen-bond acceptors (Lipinski definition) is 2. The molecule has 0 radical (unpaired) electrons. The predicted octanol–water partition coefficient (Wildman–Crippen LogP) is 3.15. The van der Waals surface area contributed by atoms with Crippen LogP contribution in [0.25, 0.3) is 0 Å². The Labute approximate surface area is 137 Å². The summed E-state index contributed by atoms with van der Waals surface area (Å²) >= 11 is 1.83. The van der Waals surface area contributed by atoms with Gasteiger partial charge in [-0.05, 0) is 13.8 Å². The first-order valence-electron chi connectivity index (χ1n) is 7.16. The van der Waals surface area contributed by atoms with Crippen molar-refractivity contribution in [1.82, 2.24) is 10.2 Å². The van der Waals surface area contributed by atoms with Crippen molar-refractivity contribution >= 4 is 17.7 Å². The van der Waals surface area contributed by atoms with Crippen molar-refractivity contribution in [2.24, 2.45) is 4.99 Å². The van der Waals surface area contributed by atoms with Gasteiger partial charge in [-0.15, -0.1) is 0 Å². The second kappa shape index (κ2) is 6.98. The fraction of sp³-hybridized carbons (Fsp3) is 0.533. The second-order valence-electron chi connectivity index (χ2n) is 5.88.